The molecule has 0 atom stereocenters. The van der Waals surface area contributed by atoms with Gasteiger partial charge < -0.3 is 9.40 Å². The van der Waals surface area contributed by atoms with E-state index in [9.17, 15) is 0 Å². The average molecular weight is 601 g/mol. The molecule has 11 aromatic rings. The van der Waals surface area contributed by atoms with Gasteiger partial charge in [-0.1, -0.05) is 109 Å². The van der Waals surface area contributed by atoms with Gasteiger partial charge in [-0.15, -0.1) is 0 Å². The van der Waals surface area contributed by atoms with Gasteiger partial charge >= 0.3 is 0 Å². The summed E-state index contributed by atoms with van der Waals surface area (Å²) in [5.41, 5.74) is 8.78. The summed E-state index contributed by atoms with van der Waals surface area (Å²) in [5.74, 6) is 0.630. The zero-order valence-corrected chi connectivity index (χ0v) is 25.0. The molecule has 0 amide bonds. The molecule has 5 heteroatoms. The third-order valence-electron chi connectivity index (χ3n) is 9.72. The molecule has 0 aliphatic rings. The van der Waals surface area contributed by atoms with Gasteiger partial charge in [0.15, 0.2) is 0 Å². The minimum Gasteiger partial charge on any atom is -0.456 e. The molecule has 0 unspecified atom stereocenters. The summed E-state index contributed by atoms with van der Waals surface area (Å²) in [5, 5.41) is 10.3. The maximum Gasteiger partial charge on any atom is 0.235 e. The van der Waals surface area contributed by atoms with Crippen LogP contribution in [-0.2, 0) is 0 Å². The van der Waals surface area contributed by atoms with E-state index in [-0.39, 0.29) is 0 Å². The lowest BCUT2D eigenvalue weighted by Crippen LogP contribution is -2.04. The topological polar surface area (TPSA) is 59.6 Å². The summed E-state index contributed by atoms with van der Waals surface area (Å²) in [4.78, 5) is 14.7. The van der Waals surface area contributed by atoms with Crippen molar-refractivity contribution in [1.82, 2.24) is 19.5 Å². The molecule has 4 aromatic heterocycles. The molecule has 11 rings (SSSR count). The Morgan fingerprint density at radius 1 is 0.489 bits per heavy atom. The van der Waals surface area contributed by atoms with Crippen molar-refractivity contribution in [2.24, 2.45) is 0 Å². The van der Waals surface area contributed by atoms with Crippen molar-refractivity contribution in [3.8, 4) is 17.2 Å². The van der Waals surface area contributed by atoms with E-state index >= 15 is 0 Å². The van der Waals surface area contributed by atoms with Crippen LogP contribution in [0.25, 0.3) is 104 Å². The largest absolute Gasteiger partial charge is 0.456 e. The smallest absolute Gasteiger partial charge is 0.235 e. The molecular formula is C42H24N4O. The first-order chi connectivity index (χ1) is 23.3. The fourth-order valence-electron chi connectivity index (χ4n) is 7.81. The molecule has 0 saturated heterocycles. The Hall–Kier alpha value is -6.46. The second-order valence-corrected chi connectivity index (χ2v) is 12.2. The number of aromatic amines is 1. The van der Waals surface area contributed by atoms with Crippen LogP contribution in [-0.4, -0.2) is 19.5 Å². The van der Waals surface area contributed by atoms with Gasteiger partial charge in [-0.2, -0.15) is 0 Å². The van der Waals surface area contributed by atoms with E-state index in [2.05, 4.69) is 125 Å². The van der Waals surface area contributed by atoms with E-state index in [4.69, 9.17) is 14.4 Å². The van der Waals surface area contributed by atoms with Gasteiger partial charge in [0.25, 0.3) is 0 Å². The number of H-pyrrole nitrogens is 1. The van der Waals surface area contributed by atoms with E-state index in [0.717, 1.165) is 66.2 Å². The minimum absolute atomic E-state index is 0.630. The Balaban J connectivity index is 1.37. The number of hydrogen-bond acceptors (Lipinski definition) is 3. The Kier molecular flexibility index (Phi) is 4.78. The van der Waals surface area contributed by atoms with Gasteiger partial charge in [0.05, 0.1) is 27.8 Å². The predicted molar refractivity (Wildman–Crippen MR) is 193 cm³/mol. The highest BCUT2D eigenvalue weighted by Crippen LogP contribution is 2.45. The lowest BCUT2D eigenvalue weighted by Gasteiger charge is -2.13. The number of aromatic nitrogens is 4. The summed E-state index contributed by atoms with van der Waals surface area (Å²) in [6.07, 6.45) is 0. The van der Waals surface area contributed by atoms with Gasteiger partial charge in [-0.3, -0.25) is 4.57 Å². The molecule has 47 heavy (non-hydrogen) atoms. The number of nitrogens with one attached hydrogen (secondary N) is 1. The van der Waals surface area contributed by atoms with Gasteiger partial charge in [0, 0.05) is 48.8 Å². The monoisotopic (exact) mass is 600 g/mol. The number of benzene rings is 7. The molecule has 0 aliphatic carbocycles. The lowest BCUT2D eigenvalue weighted by molar-refractivity contribution is 0.669. The van der Waals surface area contributed by atoms with Crippen LogP contribution < -0.4 is 0 Å². The van der Waals surface area contributed by atoms with E-state index in [1.165, 1.54) is 32.3 Å². The molecule has 0 saturated carbocycles. The Morgan fingerprint density at radius 3 is 2.02 bits per heavy atom. The molecule has 1 N–H and O–H groups in total. The van der Waals surface area contributed by atoms with E-state index in [1.807, 2.05) is 24.3 Å². The third kappa shape index (κ3) is 3.27. The van der Waals surface area contributed by atoms with Crippen LogP contribution in [0.1, 0.15) is 0 Å². The van der Waals surface area contributed by atoms with Gasteiger partial charge in [0.2, 0.25) is 5.95 Å². The van der Waals surface area contributed by atoms with Crippen molar-refractivity contribution in [2.75, 3.05) is 0 Å². The fourth-order valence-corrected chi connectivity index (χ4v) is 7.81. The SMILES string of the molecule is c1ccc(-c2nc(-n3c4ccccc4c4c5ccccc5c5c6ccccc6[nH]c5c43)nc3ccc4oc5ccccc5c4c23)cc1. The highest BCUT2D eigenvalue weighted by molar-refractivity contribution is 6.35. The average Bonchev–Trinajstić information content (AvgIpc) is 3.82. The van der Waals surface area contributed by atoms with Gasteiger partial charge in [0.1, 0.15) is 11.2 Å². The van der Waals surface area contributed by atoms with Crippen LogP contribution in [0.5, 0.6) is 0 Å². The Morgan fingerprint density at radius 2 is 1.17 bits per heavy atom. The summed E-state index contributed by atoms with van der Waals surface area (Å²) in [7, 11) is 0. The normalized spacial score (nSPS) is 12.3. The van der Waals surface area contributed by atoms with Crippen LogP contribution in [0.3, 0.4) is 0 Å². The number of hydrogen-bond donors (Lipinski definition) is 1. The Labute approximate surface area is 267 Å². The molecule has 0 spiro atoms. The molecule has 0 aliphatic heterocycles. The molecule has 0 bridgehead atoms. The predicted octanol–water partition coefficient (Wildman–Crippen LogP) is 11.1. The molecule has 5 nitrogen and oxygen atoms in total. The first-order valence-electron chi connectivity index (χ1n) is 15.9. The number of rotatable bonds is 2. The maximum absolute atomic E-state index is 6.32. The summed E-state index contributed by atoms with van der Waals surface area (Å²) in [6, 6.07) is 48.7. The van der Waals surface area contributed by atoms with Crippen LogP contribution >= 0.6 is 0 Å². The number of furan rings is 1. The summed E-state index contributed by atoms with van der Waals surface area (Å²) < 4.78 is 8.58. The van der Waals surface area contributed by atoms with Crippen molar-refractivity contribution in [3.05, 3.63) is 140 Å². The molecular weight excluding hydrogens is 576 g/mol. The van der Waals surface area contributed by atoms with E-state index < -0.39 is 0 Å². The number of nitrogens with zero attached hydrogens (tertiary/aromatic N) is 3. The lowest BCUT2D eigenvalue weighted by atomic mass is 9.99. The van der Waals surface area contributed by atoms with Crippen molar-refractivity contribution in [1.29, 1.82) is 0 Å². The standard InChI is InChI=1S/C42H24N4O/c1-2-12-24(13-3-1)39-38-31(22-23-34-37(38)29-18-8-11-21-33(29)47-34)44-42(45-39)46-32-20-10-7-17-28(32)36-26-15-5-4-14-25(26)35-27-16-6-9-19-30(27)43-40(35)41(36)46/h1-23,43H. The Bertz CT molecular complexity index is 3070. The maximum atomic E-state index is 6.32. The molecule has 7 aromatic carbocycles. The zero-order valence-electron chi connectivity index (χ0n) is 25.0. The van der Waals surface area contributed by atoms with Crippen molar-refractivity contribution in [3.63, 3.8) is 0 Å². The molecule has 0 radical (unpaired) electrons. The van der Waals surface area contributed by atoms with Gasteiger partial charge in [-0.05, 0) is 41.1 Å². The van der Waals surface area contributed by atoms with Gasteiger partial charge in [-0.25, -0.2) is 9.97 Å². The second kappa shape index (κ2) is 9.05. The highest BCUT2D eigenvalue weighted by Gasteiger charge is 2.24. The van der Waals surface area contributed by atoms with Crippen molar-refractivity contribution in [2.45, 2.75) is 0 Å². The van der Waals surface area contributed by atoms with Crippen LogP contribution in [0.2, 0.25) is 0 Å². The molecule has 4 heterocycles. The third-order valence-corrected chi connectivity index (χ3v) is 9.72. The van der Waals surface area contributed by atoms with E-state index in [1.54, 1.807) is 0 Å². The second-order valence-electron chi connectivity index (χ2n) is 12.2. The van der Waals surface area contributed by atoms with Crippen LogP contribution in [0.4, 0.5) is 0 Å². The van der Waals surface area contributed by atoms with Crippen molar-refractivity contribution >= 4 is 87.2 Å². The summed E-state index contributed by atoms with van der Waals surface area (Å²) in [6.45, 7) is 0. The summed E-state index contributed by atoms with van der Waals surface area (Å²) >= 11 is 0. The van der Waals surface area contributed by atoms with Crippen LogP contribution in [0.15, 0.2) is 144 Å². The zero-order chi connectivity index (χ0) is 30.6. The van der Waals surface area contributed by atoms with E-state index in [0.29, 0.717) is 5.95 Å². The first kappa shape index (κ1) is 24.8. The van der Waals surface area contributed by atoms with Crippen LogP contribution in [0, 0.1) is 0 Å². The number of para-hydroxylation sites is 3. The highest BCUT2D eigenvalue weighted by atomic mass is 16.3. The molecule has 218 valence electrons. The quantitative estimate of drug-likeness (QED) is 0.215. The minimum atomic E-state index is 0.630. The fraction of sp³-hybridized carbons (Fsp3) is 0. The first-order valence-corrected chi connectivity index (χ1v) is 15.9. The van der Waals surface area contributed by atoms with Crippen molar-refractivity contribution < 1.29 is 4.42 Å². The number of fused-ring (bicyclic) bond motifs is 15. The molecule has 0 fully saturated rings.